The lowest BCUT2D eigenvalue weighted by Crippen LogP contribution is -2.47. The Hall–Kier alpha value is -2.66. The summed E-state index contributed by atoms with van der Waals surface area (Å²) in [4.78, 5) is 15.3. The Labute approximate surface area is 159 Å². The third-order valence-corrected chi connectivity index (χ3v) is 4.91. The summed E-state index contributed by atoms with van der Waals surface area (Å²) in [6, 6.07) is 15.8. The van der Waals surface area contributed by atoms with E-state index in [1.165, 1.54) is 0 Å². The average molecular weight is 366 g/mol. The number of nitrogens with one attached hydrogen (secondary N) is 1. The Balaban J connectivity index is 2.15. The van der Waals surface area contributed by atoms with Crippen LogP contribution >= 0.6 is 12.2 Å². The lowest BCUT2D eigenvalue weighted by atomic mass is 9.88. The number of para-hydroxylation sites is 1. The Kier molecular flexibility index (Phi) is 5.38. The van der Waals surface area contributed by atoms with Crippen LogP contribution in [-0.2, 0) is 0 Å². The van der Waals surface area contributed by atoms with Gasteiger partial charge in [0.15, 0.2) is 10.9 Å². The molecule has 3 rings (SSSR count). The van der Waals surface area contributed by atoms with Crippen molar-refractivity contribution in [3.05, 3.63) is 77.0 Å². The largest absolute Gasteiger partial charge is 0.508 e. The van der Waals surface area contributed by atoms with Gasteiger partial charge in [0.25, 0.3) is 0 Å². The lowest BCUT2D eigenvalue weighted by Gasteiger charge is -2.38. The molecule has 0 amide bonds. The third kappa shape index (κ3) is 3.35. The molecule has 1 unspecified atom stereocenters. The highest BCUT2D eigenvalue weighted by atomic mass is 32.1. The number of carbonyl (C=O) groups excluding carboxylic acids is 1. The minimum absolute atomic E-state index is 0.0625. The third-order valence-electron chi connectivity index (χ3n) is 4.57. The van der Waals surface area contributed by atoms with Crippen LogP contribution in [0.25, 0.3) is 0 Å². The van der Waals surface area contributed by atoms with Crippen LogP contribution in [0, 0.1) is 0 Å². The molecule has 2 N–H and O–H groups in total. The van der Waals surface area contributed by atoms with Gasteiger partial charge in [0.05, 0.1) is 6.04 Å². The summed E-state index contributed by atoms with van der Waals surface area (Å²) in [7, 11) is 0. The van der Waals surface area contributed by atoms with Crippen LogP contribution in [0.4, 0.5) is 0 Å². The zero-order valence-electron chi connectivity index (χ0n) is 14.9. The minimum Gasteiger partial charge on any atom is -0.508 e. The molecule has 134 valence electrons. The van der Waals surface area contributed by atoms with Crippen LogP contribution in [0.1, 0.15) is 42.2 Å². The second-order valence-corrected chi connectivity index (χ2v) is 6.67. The van der Waals surface area contributed by atoms with Gasteiger partial charge in [-0.2, -0.15) is 0 Å². The molecule has 1 heterocycles. The van der Waals surface area contributed by atoms with E-state index in [1.807, 2.05) is 54.3 Å². The SMILES string of the molecule is CCCN1C(=S)NC(c2ccccc2O)C(C(=O)c2ccccc2)=C1C. The van der Waals surface area contributed by atoms with Gasteiger partial charge in [-0.1, -0.05) is 55.5 Å². The molecule has 5 heteroatoms. The highest BCUT2D eigenvalue weighted by molar-refractivity contribution is 7.80. The molecule has 0 radical (unpaired) electrons. The van der Waals surface area contributed by atoms with Gasteiger partial charge in [-0.05, 0) is 31.6 Å². The van der Waals surface area contributed by atoms with Crippen molar-refractivity contribution in [1.29, 1.82) is 0 Å². The number of ketones is 1. The molecule has 1 atom stereocenters. The molecule has 2 aromatic rings. The smallest absolute Gasteiger partial charge is 0.193 e. The van der Waals surface area contributed by atoms with Gasteiger partial charge in [-0.25, -0.2) is 0 Å². The average Bonchev–Trinajstić information content (AvgIpc) is 2.65. The van der Waals surface area contributed by atoms with Crippen molar-refractivity contribution in [2.45, 2.75) is 26.3 Å². The first-order valence-electron chi connectivity index (χ1n) is 8.71. The number of benzene rings is 2. The molecule has 0 aliphatic carbocycles. The summed E-state index contributed by atoms with van der Waals surface area (Å²) in [5.41, 5.74) is 2.70. The standard InChI is InChI=1S/C21H22N2O2S/c1-3-13-23-14(2)18(20(25)15-9-5-4-6-10-15)19(22-21(23)26)16-11-7-8-12-17(16)24/h4-12,19,24H,3,13H2,1-2H3,(H,22,26). The van der Waals surface area contributed by atoms with Gasteiger partial charge in [0.1, 0.15) is 5.75 Å². The molecule has 4 nitrogen and oxygen atoms in total. The molecule has 0 bridgehead atoms. The number of phenols is 1. The van der Waals surface area contributed by atoms with E-state index in [4.69, 9.17) is 12.2 Å². The molecule has 0 saturated heterocycles. The number of rotatable bonds is 5. The predicted octanol–water partition coefficient (Wildman–Crippen LogP) is 4.19. The summed E-state index contributed by atoms with van der Waals surface area (Å²) in [5.74, 6) is 0.0790. The van der Waals surface area contributed by atoms with Crippen molar-refractivity contribution in [1.82, 2.24) is 10.2 Å². The first-order valence-corrected chi connectivity index (χ1v) is 9.11. The van der Waals surface area contributed by atoms with Crippen molar-refractivity contribution in [2.75, 3.05) is 6.54 Å². The normalized spacial score (nSPS) is 17.2. The molecule has 0 aromatic heterocycles. The highest BCUT2D eigenvalue weighted by Crippen LogP contribution is 2.36. The Morgan fingerprint density at radius 3 is 2.46 bits per heavy atom. The van der Waals surface area contributed by atoms with Crippen molar-refractivity contribution < 1.29 is 9.90 Å². The predicted molar refractivity (Wildman–Crippen MR) is 107 cm³/mol. The zero-order valence-corrected chi connectivity index (χ0v) is 15.7. The maximum atomic E-state index is 13.3. The fourth-order valence-electron chi connectivity index (χ4n) is 3.28. The van der Waals surface area contributed by atoms with Crippen molar-refractivity contribution >= 4 is 23.1 Å². The van der Waals surface area contributed by atoms with E-state index >= 15 is 0 Å². The first-order chi connectivity index (χ1) is 12.5. The molecular formula is C21H22N2O2S. The van der Waals surface area contributed by atoms with Gasteiger partial charge in [0, 0.05) is 28.9 Å². The summed E-state index contributed by atoms with van der Waals surface area (Å²) in [5, 5.41) is 14.2. The topological polar surface area (TPSA) is 52.6 Å². The number of Topliss-reactive ketones (excluding diaryl/α,β-unsaturated/α-hetero) is 1. The number of nitrogens with zero attached hydrogens (tertiary/aromatic N) is 1. The van der Waals surface area contributed by atoms with E-state index < -0.39 is 6.04 Å². The van der Waals surface area contributed by atoms with Crippen LogP contribution in [0.3, 0.4) is 0 Å². The summed E-state index contributed by atoms with van der Waals surface area (Å²) < 4.78 is 0. The van der Waals surface area contributed by atoms with E-state index in [9.17, 15) is 9.90 Å². The molecule has 1 aliphatic heterocycles. The second kappa shape index (κ2) is 7.70. The van der Waals surface area contributed by atoms with Gasteiger partial charge < -0.3 is 15.3 Å². The fourth-order valence-corrected chi connectivity index (χ4v) is 3.62. The lowest BCUT2D eigenvalue weighted by molar-refractivity contribution is 0.102. The van der Waals surface area contributed by atoms with Crippen LogP contribution in [-0.4, -0.2) is 27.4 Å². The number of aromatic hydroxyl groups is 1. The summed E-state index contributed by atoms with van der Waals surface area (Å²) >= 11 is 5.53. The summed E-state index contributed by atoms with van der Waals surface area (Å²) in [6.45, 7) is 4.73. The van der Waals surface area contributed by atoms with Crippen LogP contribution in [0.5, 0.6) is 5.75 Å². The number of thiocarbonyl (C=S) groups is 1. The molecule has 1 aliphatic rings. The number of hydrogen-bond donors (Lipinski definition) is 2. The molecule has 2 aromatic carbocycles. The number of phenolic OH excluding ortho intramolecular Hbond substituents is 1. The van der Waals surface area contributed by atoms with Gasteiger partial charge in [-0.15, -0.1) is 0 Å². The molecule has 26 heavy (non-hydrogen) atoms. The molecular weight excluding hydrogens is 344 g/mol. The Morgan fingerprint density at radius 2 is 1.81 bits per heavy atom. The zero-order chi connectivity index (χ0) is 18.7. The number of carbonyl (C=O) groups is 1. The first kappa shape index (κ1) is 18.1. The van der Waals surface area contributed by atoms with E-state index in [0.29, 0.717) is 21.8 Å². The molecule has 0 fully saturated rings. The van der Waals surface area contributed by atoms with Crippen LogP contribution in [0.2, 0.25) is 0 Å². The van der Waals surface area contributed by atoms with Crippen LogP contribution in [0.15, 0.2) is 65.9 Å². The van der Waals surface area contributed by atoms with E-state index in [1.54, 1.807) is 12.1 Å². The highest BCUT2D eigenvalue weighted by Gasteiger charge is 2.34. The van der Waals surface area contributed by atoms with Gasteiger partial charge in [0.2, 0.25) is 0 Å². The van der Waals surface area contributed by atoms with E-state index in [2.05, 4.69) is 12.2 Å². The summed E-state index contributed by atoms with van der Waals surface area (Å²) in [6.07, 6.45) is 0.910. The minimum atomic E-state index is -0.482. The maximum Gasteiger partial charge on any atom is 0.193 e. The van der Waals surface area contributed by atoms with Crippen molar-refractivity contribution in [3.63, 3.8) is 0 Å². The second-order valence-electron chi connectivity index (χ2n) is 6.29. The van der Waals surface area contributed by atoms with E-state index in [0.717, 1.165) is 18.7 Å². The fraction of sp³-hybridized carbons (Fsp3) is 0.238. The van der Waals surface area contributed by atoms with E-state index in [-0.39, 0.29) is 11.5 Å². The monoisotopic (exact) mass is 366 g/mol. The Bertz CT molecular complexity index is 861. The quantitative estimate of drug-likeness (QED) is 0.614. The van der Waals surface area contributed by atoms with Gasteiger partial charge >= 0.3 is 0 Å². The molecule has 0 spiro atoms. The van der Waals surface area contributed by atoms with Crippen LogP contribution < -0.4 is 5.32 Å². The van der Waals surface area contributed by atoms with Crippen molar-refractivity contribution in [3.8, 4) is 5.75 Å². The Morgan fingerprint density at radius 1 is 1.15 bits per heavy atom. The number of allylic oxidation sites excluding steroid dienone is 1. The molecule has 0 saturated carbocycles. The maximum absolute atomic E-state index is 13.3. The number of hydrogen-bond acceptors (Lipinski definition) is 3. The van der Waals surface area contributed by atoms with Crippen molar-refractivity contribution in [2.24, 2.45) is 0 Å². The van der Waals surface area contributed by atoms with Gasteiger partial charge in [-0.3, -0.25) is 4.79 Å².